The molecule has 0 radical (unpaired) electrons. The van der Waals surface area contributed by atoms with Gasteiger partial charge in [0.1, 0.15) is 23.9 Å². The third-order valence-corrected chi connectivity index (χ3v) is 10.9. The molecule has 1 unspecified atom stereocenters. The van der Waals surface area contributed by atoms with E-state index < -0.39 is 18.1 Å². The van der Waals surface area contributed by atoms with Gasteiger partial charge in [0.2, 0.25) is 6.54 Å². The smallest absolute Gasteiger partial charge is 0.494 e. The fourth-order valence-corrected chi connectivity index (χ4v) is 7.31. The second-order valence-corrected chi connectivity index (χ2v) is 15.5. The number of hydrogen-bond donors (Lipinski definition) is 1. The number of carbonyl (C=O) groups is 1. The minimum Gasteiger partial charge on any atom is -0.494 e. The van der Waals surface area contributed by atoms with Crippen molar-refractivity contribution in [1.82, 2.24) is 0 Å². The van der Waals surface area contributed by atoms with E-state index in [1.54, 1.807) is 18.2 Å². The van der Waals surface area contributed by atoms with Gasteiger partial charge in [-0.2, -0.15) is 0 Å². The highest BCUT2D eigenvalue weighted by atomic mass is 16.6. The average Bonchev–Trinajstić information content (AvgIpc) is 3.60. The van der Waals surface area contributed by atoms with Gasteiger partial charge in [0.05, 0.1) is 39.6 Å². The molecule has 300 valence electrons. The monoisotopic (exact) mass is 768 g/mol. The fourth-order valence-electron chi connectivity index (χ4n) is 7.31. The number of ether oxygens (including phenoxy) is 4. The number of aldehydes is 1. The molecule has 2 aliphatic rings. The van der Waals surface area contributed by atoms with Gasteiger partial charge < -0.3 is 28.6 Å². The Labute approximate surface area is 334 Å². The molecule has 0 aromatic heterocycles. The van der Waals surface area contributed by atoms with Crippen molar-refractivity contribution in [3.63, 3.8) is 0 Å². The topological polar surface area (TPSA) is 127 Å². The first-order valence-electron chi connectivity index (χ1n) is 19.1. The van der Waals surface area contributed by atoms with Crippen LogP contribution in [0.4, 0.5) is 0 Å². The number of benzene rings is 4. The first-order valence-corrected chi connectivity index (χ1v) is 19.1. The molecule has 2 heterocycles. The highest BCUT2D eigenvalue weighted by molar-refractivity contribution is 6.76. The number of rotatable bonds is 18. The van der Waals surface area contributed by atoms with Crippen molar-refractivity contribution in [2.45, 2.75) is 79.9 Å². The molecule has 10 nitrogen and oxygen atoms in total. The molecule has 4 aromatic carbocycles. The van der Waals surface area contributed by atoms with Gasteiger partial charge in [-0.3, -0.25) is 14.9 Å². The Morgan fingerprint density at radius 3 is 1.77 bits per heavy atom. The van der Waals surface area contributed by atoms with Crippen molar-refractivity contribution >= 4 is 31.0 Å². The highest BCUT2D eigenvalue weighted by Gasteiger charge is 2.49. The number of nitro groups is 1. The van der Waals surface area contributed by atoms with Crippen LogP contribution in [0.3, 0.4) is 0 Å². The molecule has 0 amide bonds. The van der Waals surface area contributed by atoms with Crippen molar-refractivity contribution in [1.29, 1.82) is 0 Å². The zero-order valence-corrected chi connectivity index (χ0v) is 32.5. The molecule has 0 saturated carbocycles. The van der Waals surface area contributed by atoms with Gasteiger partial charge in [-0.05, 0) is 45.1 Å². The second kappa shape index (κ2) is 21.2. The van der Waals surface area contributed by atoms with E-state index in [0.29, 0.717) is 69.6 Å². The summed E-state index contributed by atoms with van der Waals surface area (Å²) in [4.78, 5) is 22.0. The Kier molecular flexibility index (Phi) is 16.7. The normalized spacial score (nSPS) is 16.3. The third kappa shape index (κ3) is 12.0. The third-order valence-electron chi connectivity index (χ3n) is 10.9. The number of nitrogens with zero attached hydrogens (tertiary/aromatic N) is 1. The quantitative estimate of drug-likeness (QED) is 0.0354. The minimum atomic E-state index is -1.21. The summed E-state index contributed by atoms with van der Waals surface area (Å²) in [7, 11) is -1.21. The Balaban J connectivity index is 0.000000297. The van der Waals surface area contributed by atoms with Gasteiger partial charge in [-0.1, -0.05) is 133 Å². The summed E-state index contributed by atoms with van der Waals surface area (Å²) in [5, 5.41) is 20.8. The molecule has 1 fully saturated rings. The maximum absolute atomic E-state index is 11.7. The zero-order chi connectivity index (χ0) is 39.3. The number of fused-ring (bicyclic) bond motifs is 1. The largest absolute Gasteiger partial charge is 0.496 e. The SMILES string of the molecule is C.CC1(C)CB(c2c(C=O)cccc2OCCCOCc2ccccc2)CC1(C)C.O=[N+]([O-])CC1OB(O)c2c(OCCCOCc3ccccc3)cccc21.[2HH]. The van der Waals surface area contributed by atoms with Crippen molar-refractivity contribution in [2.75, 3.05) is 33.0 Å². The van der Waals surface area contributed by atoms with Crippen LogP contribution >= 0.6 is 0 Å². The number of hydrogen-bond acceptors (Lipinski definition) is 9. The summed E-state index contributed by atoms with van der Waals surface area (Å²) in [6.45, 7) is 12.7. The predicted molar refractivity (Wildman–Crippen MR) is 225 cm³/mol. The van der Waals surface area contributed by atoms with Gasteiger partial charge in [-0.25, -0.2) is 0 Å². The van der Waals surface area contributed by atoms with Crippen LogP contribution in [0.5, 0.6) is 11.5 Å². The molecule has 0 spiro atoms. The molecule has 56 heavy (non-hydrogen) atoms. The van der Waals surface area contributed by atoms with Gasteiger partial charge in [0.15, 0.2) is 6.71 Å². The van der Waals surface area contributed by atoms with Crippen LogP contribution in [0.1, 0.15) is 82.5 Å². The van der Waals surface area contributed by atoms with Crippen LogP contribution in [-0.4, -0.2) is 63.0 Å². The molecular formula is C44H59B2NO9. The van der Waals surface area contributed by atoms with Crippen LogP contribution in [0.2, 0.25) is 12.6 Å². The zero-order valence-electron chi connectivity index (χ0n) is 32.5. The van der Waals surface area contributed by atoms with E-state index in [4.69, 9.17) is 23.6 Å². The van der Waals surface area contributed by atoms with E-state index >= 15 is 0 Å². The maximum atomic E-state index is 11.7. The van der Waals surface area contributed by atoms with Crippen molar-refractivity contribution in [2.24, 2.45) is 10.8 Å². The van der Waals surface area contributed by atoms with Crippen LogP contribution in [0, 0.1) is 20.9 Å². The summed E-state index contributed by atoms with van der Waals surface area (Å²) >= 11 is 0. The van der Waals surface area contributed by atoms with E-state index in [0.717, 1.165) is 47.7 Å². The van der Waals surface area contributed by atoms with Crippen LogP contribution < -0.4 is 20.4 Å². The average molecular weight is 769 g/mol. The van der Waals surface area contributed by atoms with Gasteiger partial charge in [-0.15, -0.1) is 0 Å². The van der Waals surface area contributed by atoms with Gasteiger partial charge in [0.25, 0.3) is 0 Å². The van der Waals surface area contributed by atoms with Crippen molar-refractivity contribution in [3.8, 4) is 11.5 Å². The summed E-state index contributed by atoms with van der Waals surface area (Å²) in [6, 6.07) is 31.1. The summed E-state index contributed by atoms with van der Waals surface area (Å²) in [5.74, 6) is 1.35. The Morgan fingerprint density at radius 1 is 0.768 bits per heavy atom. The molecule has 2 aliphatic heterocycles. The molecular weight excluding hydrogens is 708 g/mol. The van der Waals surface area contributed by atoms with E-state index in [2.05, 4.69) is 39.8 Å². The Morgan fingerprint density at radius 2 is 1.27 bits per heavy atom. The van der Waals surface area contributed by atoms with Crippen LogP contribution in [0.25, 0.3) is 0 Å². The molecule has 6 rings (SSSR count). The van der Waals surface area contributed by atoms with E-state index in [-0.39, 0.29) is 26.2 Å². The van der Waals surface area contributed by atoms with E-state index in [1.807, 2.05) is 66.7 Å². The Bertz CT molecular complexity index is 1820. The molecule has 4 aromatic rings. The molecule has 12 heteroatoms. The summed E-state index contributed by atoms with van der Waals surface area (Å²) in [5.41, 5.74) is 5.70. The molecule has 1 saturated heterocycles. The molecule has 0 aliphatic carbocycles. The van der Waals surface area contributed by atoms with Crippen molar-refractivity contribution < 1.29 is 39.8 Å². The molecule has 1 atom stereocenters. The van der Waals surface area contributed by atoms with Crippen LogP contribution in [-0.2, 0) is 27.3 Å². The highest BCUT2D eigenvalue weighted by Crippen LogP contribution is 2.53. The minimum absolute atomic E-state index is 0. The van der Waals surface area contributed by atoms with E-state index in [9.17, 15) is 19.9 Å². The lowest BCUT2D eigenvalue weighted by Crippen LogP contribution is -2.33. The summed E-state index contributed by atoms with van der Waals surface area (Å²) < 4.78 is 28.5. The maximum Gasteiger partial charge on any atom is 0.496 e. The first-order chi connectivity index (χ1) is 26.5. The van der Waals surface area contributed by atoms with Gasteiger partial charge >= 0.3 is 7.12 Å². The summed E-state index contributed by atoms with van der Waals surface area (Å²) in [6.07, 6.45) is 3.87. The first kappa shape index (κ1) is 44.2. The lowest BCUT2D eigenvalue weighted by molar-refractivity contribution is -0.490. The lowest BCUT2D eigenvalue weighted by atomic mass is 9.41. The number of carbonyl (C=O) groups excluding carboxylic acids is 1. The second-order valence-electron chi connectivity index (χ2n) is 15.5. The Hall–Kier alpha value is -4.48. The molecule has 1 N–H and O–H groups in total. The lowest BCUT2D eigenvalue weighted by Gasteiger charge is -2.35. The van der Waals surface area contributed by atoms with E-state index in [1.165, 1.54) is 5.56 Å². The van der Waals surface area contributed by atoms with Gasteiger partial charge in [0, 0.05) is 30.2 Å². The predicted octanol–water partition coefficient (Wildman–Crippen LogP) is 7.84. The van der Waals surface area contributed by atoms with Crippen LogP contribution in [0.15, 0.2) is 97.1 Å². The molecule has 0 bridgehead atoms. The van der Waals surface area contributed by atoms with Crippen molar-refractivity contribution in [3.05, 3.63) is 129 Å². The fraction of sp³-hybridized carbons (Fsp3) is 0.432. The standard InChI is InChI=1S/C25H33BO3.C18H20BNO6.CH4.H2/c1-24(2)18-26(19-25(24,3)4)23-21(16-27)12-8-13-22(23)29-15-9-14-28-17-20-10-6-5-7-11-20;21-19-18-15(17(26-19)12-20(22)23)8-4-9-16(18)25-11-5-10-24-13-14-6-2-1-3-7-14;;/h5-8,10-13,16H,9,14-15,17-19H2,1-4H3;1-4,6-9,17,21H,5,10-13H2;1H4;1H/i;;;1+1.